The predicted molar refractivity (Wildman–Crippen MR) is 63.3 cm³/mol. The summed E-state index contributed by atoms with van der Waals surface area (Å²) in [4.78, 5) is 0. The summed E-state index contributed by atoms with van der Waals surface area (Å²) >= 11 is 11.0. The highest BCUT2D eigenvalue weighted by Crippen LogP contribution is 2.29. The molecule has 17 heavy (non-hydrogen) atoms. The molecule has 1 aromatic rings. The minimum Gasteiger partial charge on any atom is -0.271 e. The molecule has 0 saturated carbocycles. The third-order valence-corrected chi connectivity index (χ3v) is 3.20. The zero-order valence-corrected chi connectivity index (χ0v) is 11.0. The van der Waals surface area contributed by atoms with Gasteiger partial charge in [0.1, 0.15) is 6.04 Å². The molecule has 0 spiro atoms. The fourth-order valence-electron chi connectivity index (χ4n) is 1.53. The Morgan fingerprint density at radius 2 is 2.18 bits per heavy atom. The van der Waals surface area contributed by atoms with Crippen molar-refractivity contribution in [2.24, 2.45) is 5.84 Å². The van der Waals surface area contributed by atoms with E-state index in [0.717, 1.165) is 0 Å². The molecule has 1 unspecified atom stereocenters. The van der Waals surface area contributed by atoms with Crippen LogP contribution in [-0.4, -0.2) is 21.2 Å². The molecule has 0 aliphatic rings. The van der Waals surface area contributed by atoms with E-state index in [1.165, 1.54) is 0 Å². The topological polar surface area (TPSA) is 55.9 Å². The second-order valence-electron chi connectivity index (χ2n) is 3.63. The summed E-state index contributed by atoms with van der Waals surface area (Å²) in [6, 6.07) is -1.40. The highest BCUT2D eigenvalue weighted by atomic mass is 35.5. The lowest BCUT2D eigenvalue weighted by molar-refractivity contribution is 0.0495. The van der Waals surface area contributed by atoms with Crippen molar-refractivity contribution in [2.75, 3.05) is 0 Å². The van der Waals surface area contributed by atoms with Crippen molar-refractivity contribution < 1.29 is 8.78 Å². The van der Waals surface area contributed by atoms with Gasteiger partial charge < -0.3 is 0 Å². The van der Waals surface area contributed by atoms with Crippen molar-refractivity contribution in [2.45, 2.75) is 38.2 Å². The number of rotatable bonds is 5. The predicted octanol–water partition coefficient (Wildman–Crippen LogP) is 2.07. The lowest BCUT2D eigenvalue weighted by Gasteiger charge is -2.21. The monoisotopic (exact) mass is 286 g/mol. The van der Waals surface area contributed by atoms with E-state index in [1.807, 2.05) is 12.3 Å². The van der Waals surface area contributed by atoms with Gasteiger partial charge in [0.05, 0.1) is 16.4 Å². The highest BCUT2D eigenvalue weighted by Gasteiger charge is 2.37. The number of alkyl halides is 3. The van der Waals surface area contributed by atoms with Gasteiger partial charge in [-0.15, -0.1) is 0 Å². The Morgan fingerprint density at radius 3 is 2.59 bits per heavy atom. The average molecular weight is 287 g/mol. The minimum absolute atomic E-state index is 0.0967. The Labute approximate surface area is 108 Å². The van der Waals surface area contributed by atoms with Gasteiger partial charge in [0.15, 0.2) is 0 Å². The summed E-state index contributed by atoms with van der Waals surface area (Å²) in [5, 5.41) is 1.05. The first kappa shape index (κ1) is 14.6. The van der Waals surface area contributed by atoms with Crippen LogP contribution in [0.1, 0.15) is 18.3 Å². The van der Waals surface area contributed by atoms with Crippen molar-refractivity contribution >= 4 is 23.2 Å². The van der Waals surface area contributed by atoms with E-state index in [0.29, 0.717) is 23.0 Å². The molecular weight excluding hydrogens is 273 g/mol. The standard InChI is InChI=1S/C9H14Cl2F2N4/c1-3-17-6(8(10)5(2)16-17)4-7(15-14)9(11,12)13/h7,15H,3-4,14H2,1-2H3. The van der Waals surface area contributed by atoms with Gasteiger partial charge in [-0.1, -0.05) is 11.6 Å². The fraction of sp³-hybridized carbons (Fsp3) is 0.667. The molecule has 0 aromatic carbocycles. The normalized spacial score (nSPS) is 14.1. The van der Waals surface area contributed by atoms with Gasteiger partial charge in [-0.3, -0.25) is 10.5 Å². The van der Waals surface area contributed by atoms with Gasteiger partial charge in [-0.2, -0.15) is 13.9 Å². The SMILES string of the molecule is CCn1nc(C)c(Cl)c1CC(NN)C(F)(F)Cl. The van der Waals surface area contributed by atoms with Crippen LogP contribution in [0.5, 0.6) is 0 Å². The summed E-state index contributed by atoms with van der Waals surface area (Å²) in [5.41, 5.74) is 3.09. The Morgan fingerprint density at radius 1 is 1.59 bits per heavy atom. The maximum atomic E-state index is 13.0. The van der Waals surface area contributed by atoms with E-state index in [2.05, 4.69) is 5.10 Å². The molecule has 0 fully saturated rings. The van der Waals surface area contributed by atoms with Crippen LogP contribution in [0.2, 0.25) is 5.02 Å². The Balaban J connectivity index is 3.01. The molecule has 3 N–H and O–H groups in total. The summed E-state index contributed by atoms with van der Waals surface area (Å²) in [6.45, 7) is 4.09. The van der Waals surface area contributed by atoms with E-state index in [9.17, 15) is 8.78 Å². The lowest BCUT2D eigenvalue weighted by Crippen LogP contribution is -2.47. The molecule has 0 saturated heterocycles. The maximum absolute atomic E-state index is 13.0. The molecule has 1 rings (SSSR count). The maximum Gasteiger partial charge on any atom is 0.338 e. The summed E-state index contributed by atoms with van der Waals surface area (Å²) in [6.07, 6.45) is -0.0967. The number of aromatic nitrogens is 2. The van der Waals surface area contributed by atoms with E-state index in [1.54, 1.807) is 11.6 Å². The number of hydrazine groups is 1. The van der Waals surface area contributed by atoms with E-state index in [-0.39, 0.29) is 6.42 Å². The van der Waals surface area contributed by atoms with Crippen molar-refractivity contribution in [3.05, 3.63) is 16.4 Å². The van der Waals surface area contributed by atoms with Crippen molar-refractivity contribution in [1.29, 1.82) is 0 Å². The fourth-order valence-corrected chi connectivity index (χ4v) is 1.88. The van der Waals surface area contributed by atoms with E-state index >= 15 is 0 Å². The number of nitrogens with two attached hydrogens (primary N) is 1. The molecular formula is C9H14Cl2F2N4. The zero-order chi connectivity index (χ0) is 13.2. The van der Waals surface area contributed by atoms with Crippen LogP contribution >= 0.6 is 23.2 Å². The van der Waals surface area contributed by atoms with Crippen LogP contribution in [0.4, 0.5) is 8.78 Å². The smallest absolute Gasteiger partial charge is 0.271 e. The molecule has 1 heterocycles. The zero-order valence-electron chi connectivity index (χ0n) is 9.48. The third-order valence-electron chi connectivity index (χ3n) is 2.45. The van der Waals surface area contributed by atoms with Crippen molar-refractivity contribution in [3.63, 3.8) is 0 Å². The average Bonchev–Trinajstić information content (AvgIpc) is 2.50. The van der Waals surface area contributed by atoms with Crippen LogP contribution in [0.15, 0.2) is 0 Å². The minimum atomic E-state index is -3.45. The van der Waals surface area contributed by atoms with Gasteiger partial charge in [-0.05, 0) is 25.4 Å². The second-order valence-corrected chi connectivity index (χ2v) is 4.51. The van der Waals surface area contributed by atoms with Gasteiger partial charge >= 0.3 is 5.38 Å². The largest absolute Gasteiger partial charge is 0.338 e. The summed E-state index contributed by atoms with van der Waals surface area (Å²) in [5.74, 6) is 5.07. The van der Waals surface area contributed by atoms with Gasteiger partial charge in [0.25, 0.3) is 0 Å². The molecule has 0 aliphatic heterocycles. The highest BCUT2D eigenvalue weighted by molar-refractivity contribution is 6.31. The Kier molecular flexibility index (Phi) is 4.71. The number of hydrogen-bond acceptors (Lipinski definition) is 3. The molecule has 0 amide bonds. The summed E-state index contributed by atoms with van der Waals surface area (Å²) in [7, 11) is 0. The van der Waals surface area contributed by atoms with Gasteiger partial charge in [-0.25, -0.2) is 5.43 Å². The first-order chi connectivity index (χ1) is 7.81. The molecule has 1 atom stereocenters. The Hall–Kier alpha value is -0.430. The second kappa shape index (κ2) is 5.48. The van der Waals surface area contributed by atoms with Crippen LogP contribution < -0.4 is 11.3 Å². The number of halogens is 4. The number of aryl methyl sites for hydroxylation is 2. The molecule has 0 aliphatic carbocycles. The molecule has 98 valence electrons. The molecule has 0 radical (unpaired) electrons. The number of nitrogens with one attached hydrogen (secondary N) is 1. The number of hydrogen-bond donors (Lipinski definition) is 2. The van der Waals surface area contributed by atoms with Crippen LogP contribution in [0, 0.1) is 6.92 Å². The van der Waals surface area contributed by atoms with Crippen molar-refractivity contribution in [1.82, 2.24) is 15.2 Å². The molecule has 8 heteroatoms. The van der Waals surface area contributed by atoms with Gasteiger partial charge in [0.2, 0.25) is 0 Å². The quantitative estimate of drug-likeness (QED) is 0.495. The third kappa shape index (κ3) is 3.28. The lowest BCUT2D eigenvalue weighted by atomic mass is 10.1. The first-order valence-corrected chi connectivity index (χ1v) is 5.81. The van der Waals surface area contributed by atoms with Gasteiger partial charge in [0, 0.05) is 13.0 Å². The Bertz CT molecular complexity index is 389. The van der Waals surface area contributed by atoms with Crippen LogP contribution in [0.3, 0.4) is 0 Å². The summed E-state index contributed by atoms with van der Waals surface area (Å²) < 4.78 is 27.6. The molecule has 4 nitrogen and oxygen atoms in total. The van der Waals surface area contributed by atoms with E-state index < -0.39 is 11.4 Å². The number of nitrogens with zero attached hydrogens (tertiary/aromatic N) is 2. The van der Waals surface area contributed by atoms with Crippen LogP contribution in [-0.2, 0) is 13.0 Å². The van der Waals surface area contributed by atoms with Crippen LogP contribution in [0.25, 0.3) is 0 Å². The first-order valence-electron chi connectivity index (χ1n) is 5.05. The molecule has 1 aromatic heterocycles. The molecule has 0 bridgehead atoms. The van der Waals surface area contributed by atoms with Crippen molar-refractivity contribution in [3.8, 4) is 0 Å². The van der Waals surface area contributed by atoms with E-state index in [4.69, 9.17) is 29.0 Å².